The van der Waals surface area contributed by atoms with Gasteiger partial charge in [0.25, 0.3) is 0 Å². The van der Waals surface area contributed by atoms with E-state index >= 15 is 0 Å². The van der Waals surface area contributed by atoms with Gasteiger partial charge < -0.3 is 10.1 Å². The molecular weight excluding hydrogens is 173 g/mol. The van der Waals surface area contributed by atoms with Crippen molar-refractivity contribution in [1.82, 2.24) is 5.32 Å². The van der Waals surface area contributed by atoms with Crippen molar-refractivity contribution in [3.8, 4) is 0 Å². The second kappa shape index (κ2) is 3.62. The maximum atomic E-state index is 12.7. The summed E-state index contributed by atoms with van der Waals surface area (Å²) in [5.41, 5.74) is -0.493. The molecule has 3 nitrogen and oxygen atoms in total. The molecule has 2 atom stereocenters. The van der Waals surface area contributed by atoms with Crippen LogP contribution in [0, 0.1) is 0 Å². The Morgan fingerprint density at radius 2 is 2.15 bits per heavy atom. The summed E-state index contributed by atoms with van der Waals surface area (Å²) in [5.74, 6) is -0.354. The van der Waals surface area contributed by atoms with Crippen LogP contribution >= 0.6 is 0 Å². The summed E-state index contributed by atoms with van der Waals surface area (Å²) in [6.07, 6.45) is -0.688. The number of alkyl halides is 1. The summed E-state index contributed by atoms with van der Waals surface area (Å²) in [4.78, 5) is 11.4. The van der Waals surface area contributed by atoms with Crippen LogP contribution < -0.4 is 5.32 Å². The van der Waals surface area contributed by atoms with E-state index in [1.807, 2.05) is 0 Å². The first-order valence-corrected chi connectivity index (χ1v) is 4.49. The lowest BCUT2D eigenvalue weighted by atomic mass is 10.1. The van der Waals surface area contributed by atoms with Gasteiger partial charge in [-0.3, -0.25) is 4.79 Å². The number of carbonyl (C=O) groups is 1. The van der Waals surface area contributed by atoms with E-state index in [0.29, 0.717) is 0 Å². The Bertz CT molecular complexity index is 200. The Balaban J connectivity index is 2.41. The van der Waals surface area contributed by atoms with Gasteiger partial charge in [-0.1, -0.05) is 0 Å². The fourth-order valence-electron chi connectivity index (χ4n) is 1.25. The SMILES string of the molecule is CC(C)(C)OC(=O)[C@H]1C[C@@H](F)CN1. The Morgan fingerprint density at radius 1 is 1.54 bits per heavy atom. The minimum absolute atomic E-state index is 0.231. The number of rotatable bonds is 1. The molecule has 0 bridgehead atoms. The average molecular weight is 189 g/mol. The van der Waals surface area contributed by atoms with E-state index in [1.165, 1.54) is 0 Å². The molecule has 0 amide bonds. The van der Waals surface area contributed by atoms with Gasteiger partial charge in [-0.05, 0) is 20.8 Å². The second-order valence-electron chi connectivity index (χ2n) is 4.33. The number of hydrogen-bond acceptors (Lipinski definition) is 3. The minimum atomic E-state index is -0.919. The highest BCUT2D eigenvalue weighted by Gasteiger charge is 2.32. The number of carbonyl (C=O) groups excluding carboxylic acids is 1. The van der Waals surface area contributed by atoms with Crippen LogP contribution in [0.5, 0.6) is 0 Å². The Kier molecular flexibility index (Phi) is 2.91. The zero-order valence-corrected chi connectivity index (χ0v) is 8.26. The molecule has 0 spiro atoms. The van der Waals surface area contributed by atoms with Gasteiger partial charge >= 0.3 is 5.97 Å². The van der Waals surface area contributed by atoms with E-state index in [4.69, 9.17) is 4.74 Å². The molecule has 13 heavy (non-hydrogen) atoms. The van der Waals surface area contributed by atoms with Crippen molar-refractivity contribution in [3.05, 3.63) is 0 Å². The molecule has 0 unspecified atom stereocenters. The first kappa shape index (κ1) is 10.4. The number of ether oxygens (including phenoxy) is 1. The van der Waals surface area contributed by atoms with Gasteiger partial charge in [0.1, 0.15) is 17.8 Å². The Labute approximate surface area is 77.6 Å². The molecule has 0 aliphatic carbocycles. The molecule has 0 radical (unpaired) electrons. The topological polar surface area (TPSA) is 38.3 Å². The largest absolute Gasteiger partial charge is 0.459 e. The summed E-state index contributed by atoms with van der Waals surface area (Å²) >= 11 is 0. The van der Waals surface area contributed by atoms with Gasteiger partial charge in [-0.2, -0.15) is 0 Å². The third kappa shape index (κ3) is 3.30. The number of hydrogen-bond donors (Lipinski definition) is 1. The molecule has 76 valence electrons. The summed E-state index contributed by atoms with van der Waals surface area (Å²) in [6.45, 7) is 5.65. The van der Waals surface area contributed by atoms with E-state index < -0.39 is 17.8 Å². The molecule has 0 saturated carbocycles. The van der Waals surface area contributed by atoms with Crippen molar-refractivity contribution in [2.75, 3.05) is 6.54 Å². The van der Waals surface area contributed by atoms with Crippen molar-refractivity contribution in [3.63, 3.8) is 0 Å². The van der Waals surface area contributed by atoms with Crippen molar-refractivity contribution in [1.29, 1.82) is 0 Å². The van der Waals surface area contributed by atoms with Crippen LogP contribution in [0.1, 0.15) is 27.2 Å². The highest BCUT2D eigenvalue weighted by atomic mass is 19.1. The lowest BCUT2D eigenvalue weighted by molar-refractivity contribution is -0.157. The van der Waals surface area contributed by atoms with E-state index in [-0.39, 0.29) is 18.9 Å². The minimum Gasteiger partial charge on any atom is -0.459 e. The molecule has 1 heterocycles. The van der Waals surface area contributed by atoms with Crippen LogP contribution in [0.25, 0.3) is 0 Å². The molecular formula is C9H16FNO2. The molecule has 1 fully saturated rings. The maximum absolute atomic E-state index is 12.7. The van der Waals surface area contributed by atoms with Crippen LogP contribution in [-0.2, 0) is 9.53 Å². The summed E-state index contributed by atoms with van der Waals surface area (Å²) in [7, 11) is 0. The third-order valence-electron chi connectivity index (χ3n) is 1.77. The van der Waals surface area contributed by atoms with Crippen molar-refractivity contribution >= 4 is 5.97 Å². The fourth-order valence-corrected chi connectivity index (χ4v) is 1.25. The number of nitrogens with one attached hydrogen (secondary N) is 1. The standard InChI is InChI=1S/C9H16FNO2/c1-9(2,3)13-8(12)7-4-6(10)5-11-7/h6-7,11H,4-5H2,1-3H3/t6-,7-/m1/s1. The predicted octanol–water partition coefficient (Wildman–Crippen LogP) is 1.03. The molecule has 1 aliphatic heterocycles. The summed E-state index contributed by atoms with van der Waals surface area (Å²) < 4.78 is 17.8. The van der Waals surface area contributed by atoms with Gasteiger partial charge in [-0.15, -0.1) is 0 Å². The van der Waals surface area contributed by atoms with Crippen LogP contribution in [0.15, 0.2) is 0 Å². The van der Waals surface area contributed by atoms with Crippen LogP contribution in [0.4, 0.5) is 4.39 Å². The summed E-state index contributed by atoms with van der Waals surface area (Å²) in [6, 6.07) is -0.464. The van der Waals surface area contributed by atoms with Gasteiger partial charge in [0.2, 0.25) is 0 Å². The molecule has 1 rings (SSSR count). The van der Waals surface area contributed by atoms with Gasteiger partial charge in [0.15, 0.2) is 0 Å². The highest BCUT2D eigenvalue weighted by Crippen LogP contribution is 2.15. The quantitative estimate of drug-likeness (QED) is 0.626. The first-order valence-electron chi connectivity index (χ1n) is 4.49. The van der Waals surface area contributed by atoms with Crippen molar-refractivity contribution in [2.24, 2.45) is 0 Å². The zero-order valence-electron chi connectivity index (χ0n) is 8.26. The smallest absolute Gasteiger partial charge is 0.323 e. The predicted molar refractivity (Wildman–Crippen MR) is 47.1 cm³/mol. The maximum Gasteiger partial charge on any atom is 0.323 e. The molecule has 0 aromatic heterocycles. The van der Waals surface area contributed by atoms with Crippen molar-refractivity contribution in [2.45, 2.75) is 45.0 Å². The van der Waals surface area contributed by atoms with E-state index in [9.17, 15) is 9.18 Å². The lowest BCUT2D eigenvalue weighted by Gasteiger charge is -2.21. The van der Waals surface area contributed by atoms with E-state index in [1.54, 1.807) is 20.8 Å². The van der Waals surface area contributed by atoms with Crippen molar-refractivity contribution < 1.29 is 13.9 Å². The van der Waals surface area contributed by atoms with E-state index in [2.05, 4.69) is 5.32 Å². The molecule has 0 aromatic carbocycles. The van der Waals surface area contributed by atoms with Crippen LogP contribution in [0.3, 0.4) is 0 Å². The molecule has 0 aromatic rings. The monoisotopic (exact) mass is 189 g/mol. The Morgan fingerprint density at radius 3 is 2.54 bits per heavy atom. The summed E-state index contributed by atoms with van der Waals surface area (Å²) in [5, 5.41) is 2.78. The second-order valence-corrected chi connectivity index (χ2v) is 4.33. The molecule has 1 aliphatic rings. The molecule has 4 heteroatoms. The van der Waals surface area contributed by atoms with E-state index in [0.717, 1.165) is 0 Å². The molecule has 1 N–H and O–H groups in total. The van der Waals surface area contributed by atoms with Crippen LogP contribution in [-0.4, -0.2) is 30.3 Å². The average Bonchev–Trinajstić information content (AvgIpc) is 2.31. The number of esters is 1. The third-order valence-corrected chi connectivity index (χ3v) is 1.77. The zero-order chi connectivity index (χ0) is 10.1. The lowest BCUT2D eigenvalue weighted by Crippen LogP contribution is -2.37. The Hall–Kier alpha value is -0.640. The molecule has 1 saturated heterocycles. The van der Waals surface area contributed by atoms with Gasteiger partial charge in [0.05, 0.1) is 0 Å². The van der Waals surface area contributed by atoms with Crippen LogP contribution in [0.2, 0.25) is 0 Å². The first-order chi connectivity index (χ1) is 5.88. The van der Waals surface area contributed by atoms with Gasteiger partial charge in [-0.25, -0.2) is 4.39 Å². The normalized spacial score (nSPS) is 28.9. The number of halogens is 1. The highest BCUT2D eigenvalue weighted by molar-refractivity contribution is 5.76. The fraction of sp³-hybridized carbons (Fsp3) is 0.889. The van der Waals surface area contributed by atoms with Gasteiger partial charge in [0, 0.05) is 13.0 Å².